The van der Waals surface area contributed by atoms with Crippen LogP contribution in [0.3, 0.4) is 0 Å². The fraction of sp³-hybridized carbons (Fsp3) is 0.333. The second-order valence-corrected chi connectivity index (χ2v) is 7.20. The van der Waals surface area contributed by atoms with E-state index in [0.29, 0.717) is 12.3 Å². The zero-order valence-corrected chi connectivity index (χ0v) is 15.8. The Morgan fingerprint density at radius 3 is 2.73 bits per heavy atom. The molecule has 26 heavy (non-hydrogen) atoms. The van der Waals surface area contributed by atoms with Gasteiger partial charge in [-0.25, -0.2) is 0 Å². The second-order valence-electron chi connectivity index (χ2n) is 5.89. The van der Waals surface area contributed by atoms with Gasteiger partial charge in [0.25, 0.3) is 0 Å². The molecular weight excluding hydrogens is 350 g/mol. The molecule has 0 saturated heterocycles. The lowest BCUT2D eigenvalue weighted by molar-refractivity contribution is -0.115. The lowest BCUT2D eigenvalue weighted by Gasteiger charge is -2.11. The van der Waals surface area contributed by atoms with Gasteiger partial charge in [-0.05, 0) is 26.3 Å². The highest BCUT2D eigenvalue weighted by Gasteiger charge is 2.20. The molecule has 0 fully saturated rings. The van der Waals surface area contributed by atoms with Crippen molar-refractivity contribution in [2.45, 2.75) is 44.1 Å². The smallest absolute Gasteiger partial charge is 0.240 e. The van der Waals surface area contributed by atoms with Crippen molar-refractivity contribution in [1.82, 2.24) is 19.9 Å². The number of thioether (sulfide) groups is 1. The molecule has 0 saturated carbocycles. The Labute approximate surface area is 156 Å². The summed E-state index contributed by atoms with van der Waals surface area (Å²) in [7, 11) is 0. The Morgan fingerprint density at radius 2 is 2.08 bits per heavy atom. The molecule has 7 nitrogen and oxygen atoms in total. The minimum absolute atomic E-state index is 0.165. The van der Waals surface area contributed by atoms with E-state index < -0.39 is 0 Å². The van der Waals surface area contributed by atoms with E-state index in [1.807, 2.05) is 36.6 Å². The van der Waals surface area contributed by atoms with E-state index in [-0.39, 0.29) is 11.2 Å². The average Bonchev–Trinajstić information content (AvgIpc) is 3.21. The monoisotopic (exact) mass is 371 g/mol. The summed E-state index contributed by atoms with van der Waals surface area (Å²) >= 11 is 1.38. The van der Waals surface area contributed by atoms with Crippen LogP contribution < -0.4 is 5.32 Å². The maximum absolute atomic E-state index is 12.3. The summed E-state index contributed by atoms with van der Waals surface area (Å²) in [5.41, 5.74) is 1.90. The molecule has 1 N–H and O–H groups in total. The SMILES string of the molecule is CCn1c(Cc2ccccc2)nnc1S[C@H](C)C(=O)Nc1cc(C)no1. The number of carbonyl (C=O) groups is 1. The topological polar surface area (TPSA) is 85.8 Å². The molecule has 8 heteroatoms. The zero-order chi connectivity index (χ0) is 18.5. The first-order chi connectivity index (χ1) is 12.6. The van der Waals surface area contributed by atoms with Crippen LogP contribution in [0.25, 0.3) is 0 Å². The van der Waals surface area contributed by atoms with E-state index >= 15 is 0 Å². The average molecular weight is 371 g/mol. The minimum atomic E-state index is -0.348. The molecule has 0 unspecified atom stereocenters. The van der Waals surface area contributed by atoms with Gasteiger partial charge in [-0.1, -0.05) is 47.3 Å². The van der Waals surface area contributed by atoms with Gasteiger partial charge >= 0.3 is 0 Å². The fourth-order valence-electron chi connectivity index (χ4n) is 2.49. The van der Waals surface area contributed by atoms with E-state index in [4.69, 9.17) is 4.52 Å². The predicted molar refractivity (Wildman–Crippen MR) is 100 cm³/mol. The molecule has 1 atom stereocenters. The molecule has 0 bridgehead atoms. The molecule has 0 radical (unpaired) electrons. The Hall–Kier alpha value is -2.61. The van der Waals surface area contributed by atoms with E-state index in [9.17, 15) is 4.79 Å². The standard InChI is InChI=1S/C18H21N5O2S/c1-4-23-15(11-14-8-6-5-7-9-14)20-21-18(23)26-13(3)17(24)19-16-10-12(2)22-25-16/h5-10,13H,4,11H2,1-3H3,(H,19,24)/t13-/m1/s1. The Kier molecular flexibility index (Phi) is 5.72. The van der Waals surface area contributed by atoms with Crippen LogP contribution in [0.15, 0.2) is 46.1 Å². The van der Waals surface area contributed by atoms with Gasteiger partial charge in [-0.3, -0.25) is 10.1 Å². The first-order valence-corrected chi connectivity index (χ1v) is 9.31. The molecule has 0 aliphatic carbocycles. The molecule has 2 heterocycles. The number of aryl methyl sites for hydroxylation is 1. The van der Waals surface area contributed by atoms with Gasteiger partial charge in [0.05, 0.1) is 10.9 Å². The molecule has 2 aromatic heterocycles. The Morgan fingerprint density at radius 1 is 1.31 bits per heavy atom. The molecule has 1 aromatic carbocycles. The van der Waals surface area contributed by atoms with Crippen molar-refractivity contribution in [3.8, 4) is 0 Å². The second kappa shape index (κ2) is 8.18. The molecule has 136 valence electrons. The summed E-state index contributed by atoms with van der Waals surface area (Å²) in [5.74, 6) is 1.07. The summed E-state index contributed by atoms with van der Waals surface area (Å²) < 4.78 is 7.07. The van der Waals surface area contributed by atoms with Crippen LogP contribution in [0.2, 0.25) is 0 Å². The number of aromatic nitrogens is 4. The number of nitrogens with one attached hydrogen (secondary N) is 1. The van der Waals surface area contributed by atoms with Crippen LogP contribution in [-0.4, -0.2) is 31.1 Å². The van der Waals surface area contributed by atoms with Crippen molar-refractivity contribution in [1.29, 1.82) is 0 Å². The van der Waals surface area contributed by atoms with E-state index in [1.165, 1.54) is 17.3 Å². The number of benzene rings is 1. The fourth-order valence-corrected chi connectivity index (χ4v) is 3.42. The number of amides is 1. The van der Waals surface area contributed by atoms with Crippen molar-refractivity contribution >= 4 is 23.6 Å². The van der Waals surface area contributed by atoms with Gasteiger partial charge in [-0.15, -0.1) is 10.2 Å². The van der Waals surface area contributed by atoms with Crippen molar-refractivity contribution in [2.24, 2.45) is 0 Å². The van der Waals surface area contributed by atoms with Crippen LogP contribution in [0.1, 0.15) is 30.9 Å². The number of carbonyl (C=O) groups excluding carboxylic acids is 1. The van der Waals surface area contributed by atoms with E-state index in [2.05, 4.69) is 32.8 Å². The highest BCUT2D eigenvalue weighted by Crippen LogP contribution is 2.24. The van der Waals surface area contributed by atoms with Gasteiger partial charge in [0, 0.05) is 19.0 Å². The largest absolute Gasteiger partial charge is 0.338 e. The summed E-state index contributed by atoms with van der Waals surface area (Å²) in [6, 6.07) is 11.8. The Balaban J connectivity index is 1.68. The van der Waals surface area contributed by atoms with Gasteiger partial charge in [-0.2, -0.15) is 0 Å². The minimum Gasteiger partial charge on any atom is -0.338 e. The maximum atomic E-state index is 12.3. The highest BCUT2D eigenvalue weighted by molar-refractivity contribution is 8.00. The van der Waals surface area contributed by atoms with Crippen molar-refractivity contribution in [3.63, 3.8) is 0 Å². The molecule has 3 rings (SSSR count). The number of nitrogens with zero attached hydrogens (tertiary/aromatic N) is 4. The third kappa shape index (κ3) is 4.32. The van der Waals surface area contributed by atoms with Gasteiger partial charge in [0.1, 0.15) is 5.82 Å². The summed E-state index contributed by atoms with van der Waals surface area (Å²) in [6.07, 6.45) is 0.708. The summed E-state index contributed by atoms with van der Waals surface area (Å²) in [6.45, 7) is 6.42. The van der Waals surface area contributed by atoms with Crippen LogP contribution in [0.5, 0.6) is 0 Å². The summed E-state index contributed by atoms with van der Waals surface area (Å²) in [5, 5.41) is 15.5. The molecular formula is C18H21N5O2S. The third-order valence-electron chi connectivity index (χ3n) is 3.84. The van der Waals surface area contributed by atoms with Gasteiger partial charge in [0.2, 0.25) is 11.8 Å². The first kappa shape index (κ1) is 18.2. The predicted octanol–water partition coefficient (Wildman–Crippen LogP) is 3.30. The van der Waals surface area contributed by atoms with Gasteiger partial charge in [0.15, 0.2) is 5.16 Å². The number of anilines is 1. The highest BCUT2D eigenvalue weighted by atomic mass is 32.2. The molecule has 3 aromatic rings. The lowest BCUT2D eigenvalue weighted by atomic mass is 10.1. The van der Waals surface area contributed by atoms with Crippen LogP contribution >= 0.6 is 11.8 Å². The van der Waals surface area contributed by atoms with Crippen molar-refractivity contribution < 1.29 is 9.32 Å². The normalized spacial score (nSPS) is 12.1. The van der Waals surface area contributed by atoms with E-state index in [1.54, 1.807) is 13.0 Å². The maximum Gasteiger partial charge on any atom is 0.240 e. The first-order valence-electron chi connectivity index (χ1n) is 8.43. The quantitative estimate of drug-likeness (QED) is 0.641. The lowest BCUT2D eigenvalue weighted by Crippen LogP contribution is -2.22. The molecule has 0 aliphatic rings. The van der Waals surface area contributed by atoms with Crippen LogP contribution in [-0.2, 0) is 17.8 Å². The Bertz CT molecular complexity index is 875. The molecule has 1 amide bonds. The molecule has 0 spiro atoms. The summed E-state index contributed by atoms with van der Waals surface area (Å²) in [4.78, 5) is 12.3. The van der Waals surface area contributed by atoms with Crippen molar-refractivity contribution in [2.75, 3.05) is 5.32 Å². The number of hydrogen-bond acceptors (Lipinski definition) is 6. The number of rotatable bonds is 7. The molecule has 0 aliphatic heterocycles. The van der Waals surface area contributed by atoms with Gasteiger partial charge < -0.3 is 9.09 Å². The third-order valence-corrected chi connectivity index (χ3v) is 4.92. The zero-order valence-electron chi connectivity index (χ0n) is 15.0. The van der Waals surface area contributed by atoms with Crippen molar-refractivity contribution in [3.05, 3.63) is 53.5 Å². The van der Waals surface area contributed by atoms with Crippen LogP contribution in [0, 0.1) is 6.92 Å². The number of hydrogen-bond donors (Lipinski definition) is 1. The van der Waals surface area contributed by atoms with Crippen LogP contribution in [0.4, 0.5) is 5.88 Å². The van der Waals surface area contributed by atoms with E-state index in [0.717, 1.165) is 23.2 Å².